The Bertz CT molecular complexity index is 463. The number of hydrogen-bond acceptors (Lipinski definition) is 3. The van der Waals surface area contributed by atoms with E-state index in [4.69, 9.17) is 5.73 Å². The number of halogens is 1. The van der Waals surface area contributed by atoms with Gasteiger partial charge in [-0.3, -0.25) is 0 Å². The Hall–Kier alpha value is -0.580. The first-order valence-corrected chi connectivity index (χ1v) is 8.76. The third-order valence-electron chi connectivity index (χ3n) is 4.62. The maximum Gasteiger partial charge on any atom is 0.0408 e. The molecule has 1 fully saturated rings. The summed E-state index contributed by atoms with van der Waals surface area (Å²) in [5.41, 5.74) is 8.83. The van der Waals surface area contributed by atoms with E-state index in [0.717, 1.165) is 23.9 Å². The molecule has 2 rings (SSSR count). The number of nitrogens with zero attached hydrogens (tertiary/aromatic N) is 2. The number of anilines is 1. The van der Waals surface area contributed by atoms with E-state index in [-0.39, 0.29) is 6.04 Å². The number of rotatable bonds is 6. The summed E-state index contributed by atoms with van der Waals surface area (Å²) in [4.78, 5) is 4.88. The Morgan fingerprint density at radius 3 is 2.86 bits per heavy atom. The molecule has 0 bridgehead atoms. The van der Waals surface area contributed by atoms with Gasteiger partial charge in [-0.15, -0.1) is 0 Å². The van der Waals surface area contributed by atoms with Crippen molar-refractivity contribution < 1.29 is 0 Å². The predicted molar refractivity (Wildman–Crippen MR) is 95.0 cm³/mol. The highest BCUT2D eigenvalue weighted by Gasteiger charge is 2.23. The van der Waals surface area contributed by atoms with Crippen molar-refractivity contribution in [2.75, 3.05) is 32.1 Å². The minimum Gasteiger partial charge on any atom is -0.373 e. The Labute approximate surface area is 137 Å². The Morgan fingerprint density at radius 2 is 2.24 bits per heavy atom. The second kappa shape index (κ2) is 7.61. The fraction of sp³-hybridized carbons (Fsp3) is 0.647. The number of likely N-dealkylation sites (N-methyl/N-ethyl adjacent to an activating group) is 2. The molecule has 2 atom stereocenters. The van der Waals surface area contributed by atoms with Crippen LogP contribution in [0.4, 0.5) is 5.69 Å². The van der Waals surface area contributed by atoms with Crippen LogP contribution in [0.5, 0.6) is 0 Å². The van der Waals surface area contributed by atoms with E-state index in [0.29, 0.717) is 6.04 Å². The van der Waals surface area contributed by atoms with Gasteiger partial charge in [0.05, 0.1) is 0 Å². The average molecular weight is 354 g/mol. The zero-order valence-electron chi connectivity index (χ0n) is 13.5. The number of benzene rings is 1. The summed E-state index contributed by atoms with van der Waals surface area (Å²) in [5, 5.41) is 0. The van der Waals surface area contributed by atoms with E-state index >= 15 is 0 Å². The van der Waals surface area contributed by atoms with Crippen LogP contribution in [0.3, 0.4) is 0 Å². The minimum absolute atomic E-state index is 0.243. The molecule has 0 radical (unpaired) electrons. The smallest absolute Gasteiger partial charge is 0.0408 e. The van der Waals surface area contributed by atoms with Gasteiger partial charge in [-0.25, -0.2) is 0 Å². The zero-order chi connectivity index (χ0) is 15.4. The lowest BCUT2D eigenvalue weighted by atomic mass is 10.0. The van der Waals surface area contributed by atoms with Crippen LogP contribution in [-0.2, 0) is 6.42 Å². The van der Waals surface area contributed by atoms with Crippen LogP contribution in [-0.4, -0.2) is 44.2 Å². The van der Waals surface area contributed by atoms with Crippen LogP contribution in [0.15, 0.2) is 22.7 Å². The fourth-order valence-corrected chi connectivity index (χ4v) is 3.47. The van der Waals surface area contributed by atoms with E-state index in [2.05, 4.69) is 64.9 Å². The van der Waals surface area contributed by atoms with E-state index in [1.165, 1.54) is 30.6 Å². The molecule has 0 spiro atoms. The second-order valence-corrected chi connectivity index (χ2v) is 7.22. The van der Waals surface area contributed by atoms with Crippen molar-refractivity contribution in [2.45, 2.75) is 44.7 Å². The van der Waals surface area contributed by atoms with Crippen molar-refractivity contribution in [3.8, 4) is 0 Å². The lowest BCUT2D eigenvalue weighted by molar-refractivity contribution is 0.314. The Balaban J connectivity index is 2.14. The first kappa shape index (κ1) is 16.8. The van der Waals surface area contributed by atoms with Gasteiger partial charge in [0, 0.05) is 35.8 Å². The third-order valence-corrected chi connectivity index (χ3v) is 5.11. The lowest BCUT2D eigenvalue weighted by Gasteiger charge is -2.29. The number of hydrogen-bond donors (Lipinski definition) is 1. The van der Waals surface area contributed by atoms with Crippen molar-refractivity contribution in [3.05, 3.63) is 28.2 Å². The third kappa shape index (κ3) is 4.44. The van der Waals surface area contributed by atoms with Crippen molar-refractivity contribution in [1.29, 1.82) is 0 Å². The monoisotopic (exact) mass is 353 g/mol. The topological polar surface area (TPSA) is 32.5 Å². The minimum atomic E-state index is 0.243. The van der Waals surface area contributed by atoms with Crippen molar-refractivity contribution in [1.82, 2.24) is 4.90 Å². The first-order chi connectivity index (χ1) is 10.0. The highest BCUT2D eigenvalue weighted by Crippen LogP contribution is 2.27. The van der Waals surface area contributed by atoms with Crippen LogP contribution < -0.4 is 10.6 Å². The lowest BCUT2D eigenvalue weighted by Crippen LogP contribution is -2.37. The average Bonchev–Trinajstić information content (AvgIpc) is 2.86. The molecule has 0 saturated carbocycles. The molecule has 118 valence electrons. The number of likely N-dealkylation sites (tertiary alicyclic amines) is 1. The molecule has 0 aromatic heterocycles. The summed E-state index contributed by atoms with van der Waals surface area (Å²) in [7, 11) is 4.44. The van der Waals surface area contributed by atoms with Gasteiger partial charge in [0.1, 0.15) is 0 Å². The van der Waals surface area contributed by atoms with Gasteiger partial charge in [-0.1, -0.05) is 28.9 Å². The van der Waals surface area contributed by atoms with Gasteiger partial charge >= 0.3 is 0 Å². The number of nitrogens with two attached hydrogens (primary N) is 1. The molecule has 21 heavy (non-hydrogen) atoms. The molecule has 0 amide bonds. The molecule has 4 heteroatoms. The maximum absolute atomic E-state index is 6.16. The van der Waals surface area contributed by atoms with Gasteiger partial charge in [0.25, 0.3) is 0 Å². The van der Waals surface area contributed by atoms with Crippen molar-refractivity contribution in [3.63, 3.8) is 0 Å². The molecule has 2 unspecified atom stereocenters. The van der Waals surface area contributed by atoms with E-state index in [9.17, 15) is 0 Å². The van der Waals surface area contributed by atoms with Crippen molar-refractivity contribution in [2.24, 2.45) is 5.73 Å². The standard InChI is InChI=1S/C17H28BrN3/c1-4-15(19)10-13-7-8-14(18)11-17(13)21(3)12-16-6-5-9-20(16)2/h7-8,11,15-16H,4-6,9-10,12,19H2,1-3H3. The van der Waals surface area contributed by atoms with Crippen LogP contribution in [0.1, 0.15) is 31.7 Å². The zero-order valence-corrected chi connectivity index (χ0v) is 15.1. The van der Waals surface area contributed by atoms with Gasteiger partial charge in [-0.05, 0) is 57.0 Å². The van der Waals surface area contributed by atoms with Crippen LogP contribution in [0.25, 0.3) is 0 Å². The Kier molecular flexibility index (Phi) is 6.08. The molecular weight excluding hydrogens is 326 g/mol. The van der Waals surface area contributed by atoms with Gasteiger partial charge in [0.15, 0.2) is 0 Å². The molecule has 2 N–H and O–H groups in total. The molecule has 1 saturated heterocycles. The highest BCUT2D eigenvalue weighted by molar-refractivity contribution is 9.10. The summed E-state index contributed by atoms with van der Waals surface area (Å²) < 4.78 is 1.14. The van der Waals surface area contributed by atoms with Gasteiger partial charge in [-0.2, -0.15) is 0 Å². The maximum atomic E-state index is 6.16. The van der Waals surface area contributed by atoms with Gasteiger partial charge < -0.3 is 15.5 Å². The molecule has 1 heterocycles. The quantitative estimate of drug-likeness (QED) is 0.851. The SMILES string of the molecule is CCC(N)Cc1ccc(Br)cc1N(C)CC1CCCN1C. The van der Waals surface area contributed by atoms with Gasteiger partial charge in [0.2, 0.25) is 0 Å². The second-order valence-electron chi connectivity index (χ2n) is 6.30. The largest absolute Gasteiger partial charge is 0.373 e. The van der Waals surface area contributed by atoms with E-state index < -0.39 is 0 Å². The summed E-state index contributed by atoms with van der Waals surface area (Å²) in [6, 6.07) is 7.47. The van der Waals surface area contributed by atoms with Crippen LogP contribution in [0, 0.1) is 0 Å². The van der Waals surface area contributed by atoms with E-state index in [1.807, 2.05) is 0 Å². The predicted octanol–water partition coefficient (Wildman–Crippen LogP) is 3.26. The first-order valence-electron chi connectivity index (χ1n) is 7.96. The van der Waals surface area contributed by atoms with Crippen molar-refractivity contribution >= 4 is 21.6 Å². The molecule has 3 nitrogen and oxygen atoms in total. The fourth-order valence-electron chi connectivity index (χ4n) is 3.12. The Morgan fingerprint density at radius 1 is 1.48 bits per heavy atom. The summed E-state index contributed by atoms with van der Waals surface area (Å²) >= 11 is 3.60. The molecule has 0 aliphatic carbocycles. The molecule has 1 aromatic carbocycles. The molecule has 1 aliphatic heterocycles. The van der Waals surface area contributed by atoms with E-state index in [1.54, 1.807) is 0 Å². The normalized spacial score (nSPS) is 20.7. The summed E-state index contributed by atoms with van der Waals surface area (Å²) in [5.74, 6) is 0. The summed E-state index contributed by atoms with van der Waals surface area (Å²) in [6.07, 6.45) is 4.59. The molecule has 1 aromatic rings. The van der Waals surface area contributed by atoms with Crippen LogP contribution >= 0.6 is 15.9 Å². The molecule has 1 aliphatic rings. The summed E-state index contributed by atoms with van der Waals surface area (Å²) in [6.45, 7) is 4.46. The van der Waals surface area contributed by atoms with Crippen LogP contribution in [0.2, 0.25) is 0 Å². The highest BCUT2D eigenvalue weighted by atomic mass is 79.9. The molecular formula is C17H28BrN3.